The average Bonchev–Trinajstić information content (AvgIpc) is 3.08. The van der Waals surface area contributed by atoms with Gasteiger partial charge in [-0.2, -0.15) is 5.10 Å². The highest BCUT2D eigenvalue weighted by atomic mass is 35.5. The summed E-state index contributed by atoms with van der Waals surface area (Å²) in [6.45, 7) is 4.66. The van der Waals surface area contributed by atoms with E-state index in [0.717, 1.165) is 19.3 Å². The average molecular weight is 429 g/mol. The molecule has 3 aromatic rings. The van der Waals surface area contributed by atoms with E-state index in [-0.39, 0.29) is 18.2 Å². The van der Waals surface area contributed by atoms with Gasteiger partial charge in [-0.05, 0) is 31.0 Å². The number of esters is 1. The maximum absolute atomic E-state index is 12.8. The number of nitrogens with zero attached hydrogens (tertiary/aromatic N) is 3. The quantitative estimate of drug-likeness (QED) is 0.425. The van der Waals surface area contributed by atoms with Crippen LogP contribution < -0.4 is 5.32 Å². The summed E-state index contributed by atoms with van der Waals surface area (Å²) in [6, 6.07) is 6.93. The highest BCUT2D eigenvalue weighted by Gasteiger charge is 2.20. The van der Waals surface area contributed by atoms with Crippen molar-refractivity contribution in [2.24, 2.45) is 7.05 Å². The van der Waals surface area contributed by atoms with Crippen LogP contribution in [0.1, 0.15) is 54.0 Å². The number of carbonyl (C=O) groups is 2. The van der Waals surface area contributed by atoms with Gasteiger partial charge in [-0.25, -0.2) is 9.78 Å². The molecule has 2 aromatic heterocycles. The minimum atomic E-state index is -0.487. The van der Waals surface area contributed by atoms with Gasteiger partial charge in [0.05, 0.1) is 23.9 Å². The molecule has 0 aliphatic heterocycles. The molecule has 0 atom stereocenters. The van der Waals surface area contributed by atoms with Crippen LogP contribution >= 0.6 is 11.6 Å². The van der Waals surface area contributed by atoms with Gasteiger partial charge in [-0.1, -0.05) is 43.5 Å². The third-order valence-corrected chi connectivity index (χ3v) is 5.24. The van der Waals surface area contributed by atoms with Crippen molar-refractivity contribution in [1.82, 2.24) is 20.1 Å². The van der Waals surface area contributed by atoms with Crippen LogP contribution in [0.5, 0.6) is 0 Å². The summed E-state index contributed by atoms with van der Waals surface area (Å²) in [6.07, 6.45) is 4.63. The Morgan fingerprint density at radius 1 is 1.20 bits per heavy atom. The minimum absolute atomic E-state index is 0.214. The third-order valence-electron chi connectivity index (χ3n) is 4.79. The molecular weight excluding hydrogens is 404 g/mol. The number of aryl methyl sites for hydroxylation is 1. The molecule has 1 aromatic carbocycles. The molecule has 0 spiro atoms. The summed E-state index contributed by atoms with van der Waals surface area (Å²) < 4.78 is 6.72. The summed E-state index contributed by atoms with van der Waals surface area (Å²) in [7, 11) is 1.74. The van der Waals surface area contributed by atoms with Gasteiger partial charge in [-0.15, -0.1) is 0 Å². The molecule has 2 heterocycles. The molecule has 0 unspecified atom stereocenters. The predicted octanol–water partition coefficient (Wildman–Crippen LogP) is 4.39. The van der Waals surface area contributed by atoms with Crippen LogP contribution in [-0.4, -0.2) is 39.8 Å². The first-order valence-corrected chi connectivity index (χ1v) is 10.4. The normalized spacial score (nSPS) is 10.9. The molecular formula is C22H25ClN4O3. The summed E-state index contributed by atoms with van der Waals surface area (Å²) in [5.41, 5.74) is 2.25. The van der Waals surface area contributed by atoms with E-state index < -0.39 is 5.97 Å². The zero-order valence-corrected chi connectivity index (χ0v) is 18.1. The molecule has 30 heavy (non-hydrogen) atoms. The minimum Gasteiger partial charge on any atom is -0.462 e. The van der Waals surface area contributed by atoms with Gasteiger partial charge in [0.25, 0.3) is 5.91 Å². The first-order chi connectivity index (χ1) is 14.5. The summed E-state index contributed by atoms with van der Waals surface area (Å²) in [5, 5.41) is 8.22. The van der Waals surface area contributed by atoms with Crippen molar-refractivity contribution >= 4 is 34.4 Å². The number of rotatable bonds is 8. The Morgan fingerprint density at radius 3 is 2.67 bits per heavy atom. The van der Waals surface area contributed by atoms with E-state index in [1.165, 1.54) is 0 Å². The van der Waals surface area contributed by atoms with Gasteiger partial charge < -0.3 is 10.1 Å². The molecule has 0 bridgehead atoms. The van der Waals surface area contributed by atoms with Crippen LogP contribution in [0.2, 0.25) is 5.15 Å². The van der Waals surface area contributed by atoms with E-state index in [0.29, 0.717) is 39.3 Å². The van der Waals surface area contributed by atoms with E-state index in [1.54, 1.807) is 43.0 Å². The van der Waals surface area contributed by atoms with Gasteiger partial charge in [-0.3, -0.25) is 9.48 Å². The first-order valence-electron chi connectivity index (χ1n) is 10.0. The zero-order chi connectivity index (χ0) is 21.7. The standard InChI is InChI=1S/C22H25ClN4O3/c1-4-6-7-11-24-21(28)18-12-16(17-13-25-27(3)20(17)23)14-9-8-10-15(19(14)26-18)22(29)30-5-2/h8-10,12-13H,4-7,11H2,1-3H3,(H,24,28). The lowest BCUT2D eigenvalue weighted by Gasteiger charge is -2.12. The number of fused-ring (bicyclic) bond motifs is 1. The highest BCUT2D eigenvalue weighted by Crippen LogP contribution is 2.34. The van der Waals surface area contributed by atoms with Crippen molar-refractivity contribution in [3.05, 3.63) is 46.9 Å². The molecule has 0 aliphatic carbocycles. The number of benzene rings is 1. The summed E-state index contributed by atoms with van der Waals surface area (Å²) >= 11 is 6.43. The molecule has 1 amide bonds. The van der Waals surface area contributed by atoms with Crippen LogP contribution in [0, 0.1) is 0 Å². The van der Waals surface area contributed by atoms with Gasteiger partial charge in [0.15, 0.2) is 0 Å². The number of unbranched alkanes of at least 4 members (excludes halogenated alkanes) is 2. The number of halogens is 1. The number of para-hydroxylation sites is 1. The second-order valence-electron chi connectivity index (χ2n) is 6.91. The van der Waals surface area contributed by atoms with Crippen molar-refractivity contribution in [3.63, 3.8) is 0 Å². The fourth-order valence-electron chi connectivity index (χ4n) is 3.23. The van der Waals surface area contributed by atoms with Crippen molar-refractivity contribution < 1.29 is 14.3 Å². The molecule has 3 rings (SSSR count). The van der Waals surface area contributed by atoms with E-state index >= 15 is 0 Å². The number of nitrogens with one attached hydrogen (secondary N) is 1. The van der Waals surface area contributed by atoms with E-state index in [1.807, 2.05) is 6.07 Å². The Hall–Kier alpha value is -2.93. The molecule has 0 saturated heterocycles. The fraction of sp³-hybridized carbons (Fsp3) is 0.364. The van der Waals surface area contributed by atoms with Gasteiger partial charge >= 0.3 is 5.97 Å². The Labute approximate surface area is 180 Å². The van der Waals surface area contributed by atoms with Crippen LogP contribution in [0.4, 0.5) is 0 Å². The molecule has 0 saturated carbocycles. The number of amides is 1. The SMILES string of the molecule is CCCCCNC(=O)c1cc(-c2cnn(C)c2Cl)c2cccc(C(=O)OCC)c2n1. The van der Waals surface area contributed by atoms with Crippen molar-refractivity contribution in [2.75, 3.05) is 13.2 Å². The summed E-state index contributed by atoms with van der Waals surface area (Å²) in [4.78, 5) is 29.8. The number of hydrogen-bond donors (Lipinski definition) is 1. The van der Waals surface area contributed by atoms with Crippen LogP contribution in [0.3, 0.4) is 0 Å². The Bertz CT molecular complexity index is 1080. The Balaban J connectivity index is 2.15. The zero-order valence-electron chi connectivity index (χ0n) is 17.4. The maximum Gasteiger partial charge on any atom is 0.340 e. The molecule has 7 nitrogen and oxygen atoms in total. The van der Waals surface area contributed by atoms with E-state index in [4.69, 9.17) is 16.3 Å². The second-order valence-corrected chi connectivity index (χ2v) is 7.27. The van der Waals surface area contributed by atoms with Gasteiger partial charge in [0.1, 0.15) is 10.8 Å². The fourth-order valence-corrected chi connectivity index (χ4v) is 3.43. The molecule has 0 radical (unpaired) electrons. The maximum atomic E-state index is 12.8. The highest BCUT2D eigenvalue weighted by molar-refractivity contribution is 6.32. The van der Waals surface area contributed by atoms with Crippen LogP contribution in [0.25, 0.3) is 22.0 Å². The number of pyridine rings is 1. The number of hydrogen-bond acceptors (Lipinski definition) is 5. The molecule has 0 fully saturated rings. The number of carbonyl (C=O) groups excluding carboxylic acids is 2. The Morgan fingerprint density at radius 2 is 2.00 bits per heavy atom. The van der Waals surface area contributed by atoms with E-state index in [9.17, 15) is 9.59 Å². The van der Waals surface area contributed by atoms with Crippen molar-refractivity contribution in [2.45, 2.75) is 33.1 Å². The lowest BCUT2D eigenvalue weighted by Crippen LogP contribution is -2.25. The van der Waals surface area contributed by atoms with Crippen molar-refractivity contribution in [3.8, 4) is 11.1 Å². The van der Waals surface area contributed by atoms with E-state index in [2.05, 4.69) is 22.3 Å². The Kier molecular flexibility index (Phi) is 7.05. The lowest BCUT2D eigenvalue weighted by atomic mass is 10.00. The predicted molar refractivity (Wildman–Crippen MR) is 117 cm³/mol. The largest absolute Gasteiger partial charge is 0.462 e. The van der Waals surface area contributed by atoms with Crippen LogP contribution in [0.15, 0.2) is 30.5 Å². The molecule has 8 heteroatoms. The molecule has 0 aliphatic rings. The first kappa shape index (κ1) is 21.8. The van der Waals surface area contributed by atoms with Crippen LogP contribution in [-0.2, 0) is 11.8 Å². The smallest absolute Gasteiger partial charge is 0.340 e. The summed E-state index contributed by atoms with van der Waals surface area (Å²) in [5.74, 6) is -0.785. The molecule has 1 N–H and O–H groups in total. The number of ether oxygens (including phenoxy) is 1. The third kappa shape index (κ3) is 4.46. The monoisotopic (exact) mass is 428 g/mol. The molecule has 158 valence electrons. The van der Waals surface area contributed by atoms with Gasteiger partial charge in [0.2, 0.25) is 0 Å². The topological polar surface area (TPSA) is 86.1 Å². The van der Waals surface area contributed by atoms with Crippen molar-refractivity contribution in [1.29, 1.82) is 0 Å². The van der Waals surface area contributed by atoms with Gasteiger partial charge in [0, 0.05) is 24.5 Å². The number of aromatic nitrogens is 3. The second kappa shape index (κ2) is 9.71. The lowest BCUT2D eigenvalue weighted by molar-refractivity contribution is 0.0528.